The molecule has 0 unspecified atom stereocenters. The molecule has 0 radical (unpaired) electrons. The smallest absolute Gasteiger partial charge is 0.119 e. The van der Waals surface area contributed by atoms with Crippen molar-refractivity contribution in [2.24, 2.45) is 0 Å². The van der Waals surface area contributed by atoms with Crippen LogP contribution in [0.3, 0.4) is 0 Å². The fraction of sp³-hybridized carbons (Fsp3) is 0.308. The van der Waals surface area contributed by atoms with E-state index in [1.54, 1.807) is 0 Å². The number of quaternary nitrogens is 1. The quantitative estimate of drug-likeness (QED) is 0.539. The number of benzene rings is 3. The molecule has 0 aliphatic carbocycles. The number of nitrogens with two attached hydrogens (primary N) is 1. The summed E-state index contributed by atoms with van der Waals surface area (Å²) >= 11 is 0. The van der Waals surface area contributed by atoms with E-state index in [9.17, 15) is 0 Å². The van der Waals surface area contributed by atoms with Gasteiger partial charge in [0, 0.05) is 17.9 Å². The van der Waals surface area contributed by atoms with E-state index in [1.807, 2.05) is 0 Å². The Balaban J connectivity index is 1.69. The predicted octanol–water partition coefficient (Wildman–Crippen LogP) is 5.32. The fourth-order valence-electron chi connectivity index (χ4n) is 3.67. The van der Waals surface area contributed by atoms with E-state index in [1.165, 1.54) is 16.7 Å². The molecule has 2 nitrogen and oxygen atoms in total. The van der Waals surface area contributed by atoms with Crippen LogP contribution in [-0.2, 0) is 0 Å². The molecule has 0 bridgehead atoms. The van der Waals surface area contributed by atoms with Crippen LogP contribution in [0.1, 0.15) is 55.8 Å². The van der Waals surface area contributed by atoms with Gasteiger partial charge in [0.1, 0.15) is 11.8 Å². The van der Waals surface area contributed by atoms with Gasteiger partial charge in [-0.1, -0.05) is 72.8 Å². The summed E-state index contributed by atoms with van der Waals surface area (Å²) in [5.41, 5.74) is 4.11. The summed E-state index contributed by atoms with van der Waals surface area (Å²) in [6.45, 7) is 7.49. The number of hydrogen-bond acceptors (Lipinski definition) is 1. The molecule has 3 aromatic carbocycles. The zero-order chi connectivity index (χ0) is 19.8. The molecule has 0 saturated heterocycles. The van der Waals surface area contributed by atoms with Gasteiger partial charge in [0.2, 0.25) is 0 Å². The summed E-state index contributed by atoms with van der Waals surface area (Å²) in [6.07, 6.45) is 1.30. The number of rotatable bonds is 9. The van der Waals surface area contributed by atoms with E-state index in [-0.39, 0.29) is 6.10 Å². The molecule has 3 rings (SSSR count). The molecule has 2 heteroatoms. The lowest BCUT2D eigenvalue weighted by atomic mass is 9.88. The Morgan fingerprint density at radius 2 is 1.21 bits per heavy atom. The average molecular weight is 375 g/mol. The van der Waals surface area contributed by atoms with Gasteiger partial charge in [-0.2, -0.15) is 0 Å². The van der Waals surface area contributed by atoms with Crippen molar-refractivity contribution in [1.82, 2.24) is 0 Å². The van der Waals surface area contributed by atoms with E-state index >= 15 is 0 Å². The lowest BCUT2D eigenvalue weighted by molar-refractivity contribution is -0.693. The summed E-state index contributed by atoms with van der Waals surface area (Å²) in [4.78, 5) is 0. The van der Waals surface area contributed by atoms with Gasteiger partial charge in [-0.3, -0.25) is 0 Å². The molecule has 0 spiro atoms. The maximum atomic E-state index is 5.81. The molecule has 2 atom stereocenters. The topological polar surface area (TPSA) is 25.8 Å². The minimum absolute atomic E-state index is 0.199. The minimum atomic E-state index is 0.199. The monoisotopic (exact) mass is 374 g/mol. The third-order valence-corrected chi connectivity index (χ3v) is 5.16. The molecular weight excluding hydrogens is 342 g/mol. The first-order valence-corrected chi connectivity index (χ1v) is 10.3. The lowest BCUT2D eigenvalue weighted by Gasteiger charge is -2.19. The van der Waals surface area contributed by atoms with Gasteiger partial charge < -0.3 is 10.1 Å². The molecule has 0 aromatic heterocycles. The molecule has 0 aliphatic heterocycles. The van der Waals surface area contributed by atoms with Gasteiger partial charge in [0.25, 0.3) is 0 Å². The molecule has 0 amide bonds. The van der Waals surface area contributed by atoms with Crippen LogP contribution < -0.4 is 10.1 Å². The highest BCUT2D eigenvalue weighted by Crippen LogP contribution is 2.29. The molecule has 0 saturated carbocycles. The van der Waals surface area contributed by atoms with Crippen molar-refractivity contribution in [1.29, 1.82) is 0 Å². The third kappa shape index (κ3) is 5.71. The highest BCUT2D eigenvalue weighted by atomic mass is 16.5. The van der Waals surface area contributed by atoms with Crippen molar-refractivity contribution in [3.05, 3.63) is 102 Å². The van der Waals surface area contributed by atoms with E-state index in [2.05, 4.69) is 111 Å². The summed E-state index contributed by atoms with van der Waals surface area (Å²) in [5.74, 6) is 1.34. The van der Waals surface area contributed by atoms with Crippen LogP contribution in [0.2, 0.25) is 0 Å². The van der Waals surface area contributed by atoms with E-state index in [4.69, 9.17) is 4.74 Å². The molecule has 3 aromatic rings. The Labute approximate surface area is 169 Å². The summed E-state index contributed by atoms with van der Waals surface area (Å²) in [7, 11) is 0. The van der Waals surface area contributed by atoms with Crippen LogP contribution in [0.4, 0.5) is 0 Å². The second-order valence-corrected chi connectivity index (χ2v) is 7.71. The van der Waals surface area contributed by atoms with Crippen LogP contribution in [0.25, 0.3) is 0 Å². The fourth-order valence-corrected chi connectivity index (χ4v) is 3.67. The standard InChI is InChI=1S/C26H31NO/c1-20(2)28-25-16-14-24(15-17-25)26(23-12-8-5-9-13-23)18-19-27-21(3)22-10-6-4-7-11-22/h4-17,20-21,26-27H,18-19H2,1-3H3/p+1/t21-,26-/m0/s1. The van der Waals surface area contributed by atoms with Crippen LogP contribution in [0.15, 0.2) is 84.9 Å². The largest absolute Gasteiger partial charge is 0.491 e. The Morgan fingerprint density at radius 3 is 1.79 bits per heavy atom. The van der Waals surface area contributed by atoms with Gasteiger partial charge in [-0.05, 0) is 44.0 Å². The van der Waals surface area contributed by atoms with Gasteiger partial charge >= 0.3 is 0 Å². The Morgan fingerprint density at radius 1 is 0.679 bits per heavy atom. The van der Waals surface area contributed by atoms with Crippen molar-refractivity contribution < 1.29 is 10.1 Å². The number of hydrogen-bond donors (Lipinski definition) is 1. The Bertz CT molecular complexity index is 812. The first-order valence-electron chi connectivity index (χ1n) is 10.3. The molecule has 0 heterocycles. The maximum Gasteiger partial charge on any atom is 0.119 e. The summed E-state index contributed by atoms with van der Waals surface area (Å²) < 4.78 is 5.81. The Kier molecular flexibility index (Phi) is 7.27. The highest BCUT2D eigenvalue weighted by molar-refractivity contribution is 5.36. The van der Waals surface area contributed by atoms with E-state index < -0.39 is 0 Å². The first kappa shape index (κ1) is 20.2. The molecule has 0 aliphatic rings. The van der Waals surface area contributed by atoms with Crippen molar-refractivity contribution in [3.63, 3.8) is 0 Å². The predicted molar refractivity (Wildman–Crippen MR) is 117 cm³/mol. The highest BCUT2D eigenvalue weighted by Gasteiger charge is 2.16. The Hall–Kier alpha value is -2.58. The lowest BCUT2D eigenvalue weighted by Crippen LogP contribution is -2.84. The zero-order valence-electron chi connectivity index (χ0n) is 17.2. The normalized spacial score (nSPS) is 13.3. The average Bonchev–Trinajstić information content (AvgIpc) is 2.73. The molecule has 2 N–H and O–H groups in total. The second-order valence-electron chi connectivity index (χ2n) is 7.71. The molecule has 146 valence electrons. The van der Waals surface area contributed by atoms with Crippen LogP contribution in [0.5, 0.6) is 5.75 Å². The van der Waals surface area contributed by atoms with Gasteiger partial charge in [0.05, 0.1) is 12.6 Å². The first-order chi connectivity index (χ1) is 13.6. The zero-order valence-corrected chi connectivity index (χ0v) is 17.2. The SMILES string of the molecule is CC(C)Oc1ccc([C@@H](CC[NH2+][C@@H](C)c2ccccc2)c2ccccc2)cc1. The minimum Gasteiger partial charge on any atom is -0.491 e. The van der Waals surface area contributed by atoms with Crippen molar-refractivity contribution in [2.45, 2.75) is 45.3 Å². The van der Waals surface area contributed by atoms with Crippen molar-refractivity contribution >= 4 is 0 Å². The van der Waals surface area contributed by atoms with Crippen LogP contribution in [-0.4, -0.2) is 12.6 Å². The summed E-state index contributed by atoms with van der Waals surface area (Å²) in [6, 6.07) is 30.7. The van der Waals surface area contributed by atoms with Gasteiger partial charge in [-0.15, -0.1) is 0 Å². The maximum absolute atomic E-state index is 5.81. The van der Waals surface area contributed by atoms with E-state index in [0.29, 0.717) is 12.0 Å². The molecule has 0 fully saturated rings. The van der Waals surface area contributed by atoms with Crippen molar-refractivity contribution in [2.75, 3.05) is 6.54 Å². The van der Waals surface area contributed by atoms with Crippen molar-refractivity contribution in [3.8, 4) is 5.75 Å². The van der Waals surface area contributed by atoms with Crippen LogP contribution in [0, 0.1) is 0 Å². The third-order valence-electron chi connectivity index (χ3n) is 5.16. The van der Waals surface area contributed by atoms with E-state index in [0.717, 1.165) is 18.7 Å². The molecular formula is C26H32NO+. The number of ether oxygens (including phenoxy) is 1. The second kappa shape index (κ2) is 10.1. The van der Waals surface area contributed by atoms with Gasteiger partial charge in [-0.25, -0.2) is 0 Å². The summed E-state index contributed by atoms with van der Waals surface area (Å²) in [5, 5.41) is 2.45. The molecule has 28 heavy (non-hydrogen) atoms. The van der Waals surface area contributed by atoms with Gasteiger partial charge in [0.15, 0.2) is 0 Å². The van der Waals surface area contributed by atoms with Crippen LogP contribution >= 0.6 is 0 Å².